The van der Waals surface area contributed by atoms with Crippen LogP contribution >= 0.6 is 0 Å². The fraction of sp³-hybridized carbons (Fsp3) is 0.889. The van der Waals surface area contributed by atoms with E-state index in [0.29, 0.717) is 13.2 Å². The Morgan fingerprint density at radius 1 is 1.69 bits per heavy atom. The minimum Gasteiger partial charge on any atom is -0.463 e. The van der Waals surface area contributed by atoms with Crippen molar-refractivity contribution in [3.05, 3.63) is 0 Å². The van der Waals surface area contributed by atoms with Crippen LogP contribution in [0.2, 0.25) is 0 Å². The van der Waals surface area contributed by atoms with Gasteiger partial charge in [0.15, 0.2) is 0 Å². The molecule has 0 aromatic heterocycles. The maximum atomic E-state index is 11.0. The predicted octanol–water partition coefficient (Wildman–Crippen LogP) is 0.00460. The predicted molar refractivity (Wildman–Crippen MR) is 48.3 cm³/mol. The van der Waals surface area contributed by atoms with Crippen molar-refractivity contribution in [1.29, 1.82) is 0 Å². The standard InChI is InChI=1S/C9H17NO3/c1-7(11)4-10-5-8(12)13-6-9(10,2)3/h7,11H,4-6H2,1-3H3. The zero-order valence-electron chi connectivity index (χ0n) is 8.41. The molecule has 0 saturated carbocycles. The summed E-state index contributed by atoms with van der Waals surface area (Å²) in [6.45, 7) is 6.91. The van der Waals surface area contributed by atoms with Gasteiger partial charge in [0.05, 0.1) is 18.2 Å². The van der Waals surface area contributed by atoms with Crippen molar-refractivity contribution in [3.8, 4) is 0 Å². The van der Waals surface area contributed by atoms with Gasteiger partial charge in [-0.05, 0) is 20.8 Å². The summed E-state index contributed by atoms with van der Waals surface area (Å²) in [5.74, 6) is -0.208. The molecule has 0 bridgehead atoms. The molecule has 1 heterocycles. The molecule has 1 rings (SSSR count). The second-order valence-corrected chi connectivity index (χ2v) is 4.20. The van der Waals surface area contributed by atoms with Gasteiger partial charge in [0, 0.05) is 6.54 Å². The minimum absolute atomic E-state index is 0.162. The molecule has 1 N–H and O–H groups in total. The lowest BCUT2D eigenvalue weighted by Gasteiger charge is -2.41. The summed E-state index contributed by atoms with van der Waals surface area (Å²) in [5.41, 5.74) is -0.162. The van der Waals surface area contributed by atoms with E-state index < -0.39 is 6.10 Å². The van der Waals surface area contributed by atoms with E-state index in [1.165, 1.54) is 0 Å². The summed E-state index contributed by atoms with van der Waals surface area (Å²) in [6, 6.07) is 0. The Kier molecular flexibility index (Phi) is 2.93. The highest BCUT2D eigenvalue weighted by atomic mass is 16.5. The number of esters is 1. The van der Waals surface area contributed by atoms with E-state index in [9.17, 15) is 9.90 Å². The lowest BCUT2D eigenvalue weighted by molar-refractivity contribution is -0.161. The Hall–Kier alpha value is -0.610. The molecule has 13 heavy (non-hydrogen) atoms. The number of aliphatic hydroxyl groups is 1. The van der Waals surface area contributed by atoms with Crippen LogP contribution in [0.1, 0.15) is 20.8 Å². The van der Waals surface area contributed by atoms with Crippen LogP contribution in [0.4, 0.5) is 0 Å². The molecule has 1 aliphatic heterocycles. The molecule has 0 aromatic carbocycles. The van der Waals surface area contributed by atoms with Gasteiger partial charge in [0.2, 0.25) is 0 Å². The highest BCUT2D eigenvalue weighted by Crippen LogP contribution is 2.19. The summed E-state index contributed by atoms with van der Waals surface area (Å²) in [5, 5.41) is 9.23. The van der Waals surface area contributed by atoms with Gasteiger partial charge in [-0.15, -0.1) is 0 Å². The van der Waals surface area contributed by atoms with E-state index in [4.69, 9.17) is 4.74 Å². The molecular weight excluding hydrogens is 170 g/mol. The number of hydrogen-bond donors (Lipinski definition) is 1. The van der Waals surface area contributed by atoms with Gasteiger partial charge in [-0.3, -0.25) is 9.69 Å². The topological polar surface area (TPSA) is 49.8 Å². The van der Waals surface area contributed by atoms with E-state index in [1.54, 1.807) is 6.92 Å². The van der Waals surface area contributed by atoms with Crippen molar-refractivity contribution in [3.63, 3.8) is 0 Å². The Morgan fingerprint density at radius 2 is 2.31 bits per heavy atom. The van der Waals surface area contributed by atoms with E-state index >= 15 is 0 Å². The summed E-state index contributed by atoms with van der Waals surface area (Å²) < 4.78 is 4.94. The van der Waals surface area contributed by atoms with Crippen LogP contribution in [0.15, 0.2) is 0 Å². The van der Waals surface area contributed by atoms with Gasteiger partial charge in [-0.1, -0.05) is 0 Å². The number of cyclic esters (lactones) is 1. The van der Waals surface area contributed by atoms with Crippen LogP contribution in [0, 0.1) is 0 Å². The molecule has 4 heteroatoms. The molecule has 0 amide bonds. The van der Waals surface area contributed by atoms with Crippen LogP contribution in [0.25, 0.3) is 0 Å². The van der Waals surface area contributed by atoms with E-state index in [0.717, 1.165) is 0 Å². The van der Waals surface area contributed by atoms with Crippen molar-refractivity contribution >= 4 is 5.97 Å². The van der Waals surface area contributed by atoms with Crippen molar-refractivity contribution in [2.75, 3.05) is 19.7 Å². The third-order valence-electron chi connectivity index (χ3n) is 2.25. The zero-order valence-corrected chi connectivity index (χ0v) is 8.41. The first-order valence-corrected chi connectivity index (χ1v) is 4.50. The van der Waals surface area contributed by atoms with E-state index in [1.807, 2.05) is 18.7 Å². The molecule has 1 saturated heterocycles. The maximum Gasteiger partial charge on any atom is 0.320 e. The molecule has 1 atom stereocenters. The van der Waals surface area contributed by atoms with Crippen LogP contribution < -0.4 is 0 Å². The minimum atomic E-state index is -0.412. The quantitative estimate of drug-likeness (QED) is 0.618. The molecule has 0 spiro atoms. The lowest BCUT2D eigenvalue weighted by atomic mass is 10.0. The molecule has 0 aromatic rings. The number of nitrogens with zero attached hydrogens (tertiary/aromatic N) is 1. The third-order valence-corrected chi connectivity index (χ3v) is 2.25. The summed E-state index contributed by atoms with van der Waals surface area (Å²) in [7, 11) is 0. The van der Waals surface area contributed by atoms with Crippen molar-refractivity contribution < 1.29 is 14.6 Å². The largest absolute Gasteiger partial charge is 0.463 e. The number of β-amino-alcohol motifs (C(OH)–C–C–N with tert-alkyl or cyclic N) is 1. The van der Waals surface area contributed by atoms with Crippen molar-refractivity contribution in [2.45, 2.75) is 32.4 Å². The number of morpholine rings is 1. The van der Waals surface area contributed by atoms with Crippen molar-refractivity contribution in [2.24, 2.45) is 0 Å². The maximum absolute atomic E-state index is 11.0. The first-order chi connectivity index (χ1) is 5.92. The Balaban J connectivity index is 2.61. The summed E-state index contributed by atoms with van der Waals surface area (Å²) in [4.78, 5) is 12.9. The molecule has 0 radical (unpaired) electrons. The van der Waals surface area contributed by atoms with Gasteiger partial charge in [0.25, 0.3) is 0 Å². The highest BCUT2D eigenvalue weighted by Gasteiger charge is 2.34. The summed E-state index contributed by atoms with van der Waals surface area (Å²) >= 11 is 0. The molecule has 1 aliphatic rings. The fourth-order valence-electron chi connectivity index (χ4n) is 1.39. The monoisotopic (exact) mass is 187 g/mol. The normalized spacial score (nSPS) is 25.4. The Bertz CT molecular complexity index is 201. The van der Waals surface area contributed by atoms with Crippen LogP contribution in [0.5, 0.6) is 0 Å². The molecule has 0 aliphatic carbocycles. The van der Waals surface area contributed by atoms with Gasteiger partial charge >= 0.3 is 5.97 Å². The smallest absolute Gasteiger partial charge is 0.320 e. The van der Waals surface area contributed by atoms with E-state index in [2.05, 4.69) is 0 Å². The molecule has 4 nitrogen and oxygen atoms in total. The lowest BCUT2D eigenvalue weighted by Crippen LogP contribution is -2.56. The fourth-order valence-corrected chi connectivity index (χ4v) is 1.39. The van der Waals surface area contributed by atoms with Crippen LogP contribution in [-0.4, -0.2) is 47.3 Å². The zero-order chi connectivity index (χ0) is 10.1. The summed E-state index contributed by atoms with van der Waals surface area (Å²) in [6.07, 6.45) is -0.412. The first kappa shape index (κ1) is 10.5. The molecule has 76 valence electrons. The van der Waals surface area contributed by atoms with Crippen molar-refractivity contribution in [1.82, 2.24) is 4.90 Å². The van der Waals surface area contributed by atoms with Gasteiger partial charge in [-0.2, -0.15) is 0 Å². The number of hydrogen-bond acceptors (Lipinski definition) is 4. The SMILES string of the molecule is CC(O)CN1CC(=O)OCC1(C)C. The third kappa shape index (κ3) is 2.67. The first-order valence-electron chi connectivity index (χ1n) is 4.50. The number of rotatable bonds is 2. The Morgan fingerprint density at radius 3 is 2.85 bits per heavy atom. The van der Waals surface area contributed by atoms with Gasteiger partial charge < -0.3 is 9.84 Å². The number of ether oxygens (including phenoxy) is 1. The number of carbonyl (C=O) groups is 1. The molecule has 1 unspecified atom stereocenters. The van der Waals surface area contributed by atoms with E-state index in [-0.39, 0.29) is 18.1 Å². The van der Waals surface area contributed by atoms with Gasteiger partial charge in [-0.25, -0.2) is 0 Å². The molecular formula is C9H17NO3. The highest BCUT2D eigenvalue weighted by molar-refractivity contribution is 5.72. The Labute approximate surface area is 78.5 Å². The second kappa shape index (κ2) is 3.64. The molecule has 1 fully saturated rings. The van der Waals surface area contributed by atoms with Gasteiger partial charge in [0.1, 0.15) is 6.61 Å². The number of carbonyl (C=O) groups excluding carboxylic acids is 1. The average Bonchev–Trinajstić information content (AvgIpc) is 1.97. The van der Waals surface area contributed by atoms with Crippen LogP contribution in [-0.2, 0) is 9.53 Å². The number of aliphatic hydroxyl groups excluding tert-OH is 1. The van der Waals surface area contributed by atoms with Crippen LogP contribution in [0.3, 0.4) is 0 Å². The second-order valence-electron chi connectivity index (χ2n) is 4.20. The average molecular weight is 187 g/mol.